The molecule has 0 fully saturated rings. The van der Waals surface area contributed by atoms with Gasteiger partial charge in [-0.3, -0.25) is 0 Å². The van der Waals surface area contributed by atoms with Gasteiger partial charge in [-0.25, -0.2) is 0 Å². The van der Waals surface area contributed by atoms with Crippen LogP contribution in [0.2, 0.25) is 0 Å². The lowest BCUT2D eigenvalue weighted by atomic mass is 10.00. The molecule has 0 amide bonds. The van der Waals surface area contributed by atoms with E-state index in [2.05, 4.69) is 204 Å². The predicted molar refractivity (Wildman–Crippen MR) is 229 cm³/mol. The van der Waals surface area contributed by atoms with Crippen LogP contribution in [-0.2, 0) is 0 Å². The largest absolute Gasteiger partial charge is 0.310 e. The summed E-state index contributed by atoms with van der Waals surface area (Å²) in [5.74, 6) is 0. The highest BCUT2D eigenvalue weighted by Gasteiger charge is 2.21. The zero-order valence-corrected chi connectivity index (χ0v) is 29.6. The maximum atomic E-state index is 2.45. The molecule has 0 spiro atoms. The average Bonchev–Trinajstić information content (AvgIpc) is 3.77. The van der Waals surface area contributed by atoms with E-state index in [4.69, 9.17) is 0 Å². The van der Waals surface area contributed by atoms with Crippen LogP contribution in [0.15, 0.2) is 194 Å². The summed E-state index contributed by atoms with van der Waals surface area (Å²) >= 11 is 1.87. The number of anilines is 3. The molecule has 2 heterocycles. The van der Waals surface area contributed by atoms with Crippen molar-refractivity contribution in [2.45, 2.75) is 0 Å². The van der Waals surface area contributed by atoms with Crippen molar-refractivity contribution in [1.29, 1.82) is 0 Å². The molecule has 248 valence electrons. The van der Waals surface area contributed by atoms with E-state index in [1.807, 2.05) is 11.3 Å². The van der Waals surface area contributed by atoms with Gasteiger partial charge in [0.2, 0.25) is 0 Å². The molecule has 11 rings (SSSR count). The Hall–Kier alpha value is -6.68. The number of nitrogens with zero attached hydrogens (tertiary/aromatic N) is 2. The molecule has 0 saturated heterocycles. The minimum absolute atomic E-state index is 1.11. The van der Waals surface area contributed by atoms with Gasteiger partial charge in [0, 0.05) is 48.0 Å². The SMILES string of the molecule is c1ccc(-n2c3ccccc3c3c(N(c4ccc(-c5ccc6c(c5)sc5ccccc56)cc4)c4ccc5ccc6ccccc6c5c4)cccc32)cc1. The van der Waals surface area contributed by atoms with Crippen molar-refractivity contribution in [3.63, 3.8) is 0 Å². The number of para-hydroxylation sites is 2. The van der Waals surface area contributed by atoms with Crippen LogP contribution < -0.4 is 4.90 Å². The van der Waals surface area contributed by atoms with Gasteiger partial charge in [-0.2, -0.15) is 0 Å². The number of hydrogen-bond acceptors (Lipinski definition) is 2. The van der Waals surface area contributed by atoms with Gasteiger partial charge >= 0.3 is 0 Å². The van der Waals surface area contributed by atoms with Crippen molar-refractivity contribution < 1.29 is 0 Å². The zero-order valence-electron chi connectivity index (χ0n) is 28.8. The van der Waals surface area contributed by atoms with Crippen molar-refractivity contribution in [3.05, 3.63) is 194 Å². The van der Waals surface area contributed by atoms with E-state index in [0.29, 0.717) is 0 Å². The van der Waals surface area contributed by atoms with Gasteiger partial charge in [-0.15, -0.1) is 11.3 Å². The lowest BCUT2D eigenvalue weighted by Gasteiger charge is -2.27. The number of benzene rings is 9. The van der Waals surface area contributed by atoms with E-state index < -0.39 is 0 Å². The maximum Gasteiger partial charge on any atom is 0.0562 e. The molecule has 0 N–H and O–H groups in total. The van der Waals surface area contributed by atoms with Crippen LogP contribution in [0, 0.1) is 0 Å². The van der Waals surface area contributed by atoms with Crippen LogP contribution in [0.3, 0.4) is 0 Å². The first-order chi connectivity index (χ1) is 26.3. The Kier molecular flexibility index (Phi) is 6.76. The molecule has 0 aliphatic heterocycles. The fourth-order valence-electron chi connectivity index (χ4n) is 8.31. The Morgan fingerprint density at radius 1 is 0.377 bits per heavy atom. The first kappa shape index (κ1) is 30.0. The van der Waals surface area contributed by atoms with Crippen LogP contribution >= 0.6 is 11.3 Å². The fraction of sp³-hybridized carbons (Fsp3) is 0. The van der Waals surface area contributed by atoms with Crippen LogP contribution in [-0.4, -0.2) is 4.57 Å². The Morgan fingerprint density at radius 3 is 1.89 bits per heavy atom. The molecule has 3 heteroatoms. The lowest BCUT2D eigenvalue weighted by molar-refractivity contribution is 1.18. The molecule has 9 aromatic carbocycles. The fourth-order valence-corrected chi connectivity index (χ4v) is 9.45. The smallest absolute Gasteiger partial charge is 0.0562 e. The highest BCUT2D eigenvalue weighted by atomic mass is 32.1. The molecule has 0 saturated carbocycles. The second-order valence-electron chi connectivity index (χ2n) is 13.7. The second kappa shape index (κ2) is 11.9. The molecule has 0 aliphatic carbocycles. The Morgan fingerprint density at radius 2 is 1.02 bits per heavy atom. The van der Waals surface area contributed by atoms with E-state index in [0.717, 1.165) is 22.7 Å². The molecule has 0 radical (unpaired) electrons. The molecule has 0 aliphatic rings. The number of fused-ring (bicyclic) bond motifs is 9. The molecule has 0 bridgehead atoms. The number of hydrogen-bond donors (Lipinski definition) is 0. The van der Waals surface area contributed by atoms with E-state index in [-0.39, 0.29) is 0 Å². The summed E-state index contributed by atoms with van der Waals surface area (Å²) in [5, 5.41) is 10.1. The minimum atomic E-state index is 1.11. The first-order valence-corrected chi connectivity index (χ1v) is 18.9. The molecule has 2 nitrogen and oxygen atoms in total. The van der Waals surface area contributed by atoms with Crippen LogP contribution in [0.5, 0.6) is 0 Å². The monoisotopic (exact) mass is 692 g/mol. The van der Waals surface area contributed by atoms with Crippen molar-refractivity contribution in [3.8, 4) is 16.8 Å². The maximum absolute atomic E-state index is 2.45. The number of rotatable bonds is 5. The van der Waals surface area contributed by atoms with E-state index in [1.165, 1.54) is 74.6 Å². The Bertz CT molecular complexity index is 3170. The first-order valence-electron chi connectivity index (χ1n) is 18.1. The quantitative estimate of drug-likeness (QED) is 0.163. The molecule has 2 aromatic heterocycles. The predicted octanol–water partition coefficient (Wildman–Crippen LogP) is 14.6. The van der Waals surface area contributed by atoms with Gasteiger partial charge < -0.3 is 9.47 Å². The summed E-state index contributed by atoms with van der Waals surface area (Å²) in [4.78, 5) is 2.45. The summed E-state index contributed by atoms with van der Waals surface area (Å²) in [6.45, 7) is 0. The van der Waals surface area contributed by atoms with Crippen LogP contribution in [0.1, 0.15) is 0 Å². The summed E-state index contributed by atoms with van der Waals surface area (Å²) in [5.41, 5.74) is 9.34. The number of aromatic nitrogens is 1. The third-order valence-corrected chi connectivity index (χ3v) is 11.9. The topological polar surface area (TPSA) is 8.17 Å². The zero-order chi connectivity index (χ0) is 34.9. The third-order valence-electron chi connectivity index (χ3n) is 10.8. The number of thiophene rings is 1. The second-order valence-corrected chi connectivity index (χ2v) is 14.8. The molecule has 0 atom stereocenters. The van der Waals surface area contributed by atoms with Crippen molar-refractivity contribution in [2.24, 2.45) is 0 Å². The van der Waals surface area contributed by atoms with Gasteiger partial charge in [-0.05, 0) is 99.4 Å². The molecular weight excluding hydrogens is 661 g/mol. The van der Waals surface area contributed by atoms with Crippen molar-refractivity contribution >= 4 is 91.9 Å². The van der Waals surface area contributed by atoms with Gasteiger partial charge in [0.25, 0.3) is 0 Å². The minimum Gasteiger partial charge on any atom is -0.310 e. The van der Waals surface area contributed by atoms with E-state index >= 15 is 0 Å². The van der Waals surface area contributed by atoms with Gasteiger partial charge in [0.1, 0.15) is 0 Å². The average molecular weight is 693 g/mol. The highest BCUT2D eigenvalue weighted by molar-refractivity contribution is 7.25. The van der Waals surface area contributed by atoms with Gasteiger partial charge in [-0.1, -0.05) is 127 Å². The Labute approximate surface area is 311 Å². The van der Waals surface area contributed by atoms with Crippen LogP contribution in [0.4, 0.5) is 17.1 Å². The van der Waals surface area contributed by atoms with Crippen LogP contribution in [0.25, 0.3) is 80.3 Å². The third kappa shape index (κ3) is 4.78. The van der Waals surface area contributed by atoms with Gasteiger partial charge in [0.05, 0.1) is 16.7 Å². The normalized spacial score (nSPS) is 11.8. The summed E-state index contributed by atoms with van der Waals surface area (Å²) in [6, 6.07) is 71.0. The van der Waals surface area contributed by atoms with Gasteiger partial charge in [0.15, 0.2) is 0 Å². The molecule has 11 aromatic rings. The standard InChI is InChI=1S/C50H32N2S/c1-2-12-37(13-3-1)52-45-17-8-6-16-43(45)50-46(18-10-19-47(50)52)51(39-29-25-35-22-21-34-11-4-5-14-40(34)44(35)32-39)38-27-23-33(24-28-38)36-26-30-42-41-15-7-9-20-48(41)53-49(42)31-36/h1-32H. The summed E-state index contributed by atoms with van der Waals surface area (Å²) < 4.78 is 5.05. The van der Waals surface area contributed by atoms with E-state index in [1.54, 1.807) is 0 Å². The summed E-state index contributed by atoms with van der Waals surface area (Å²) in [6.07, 6.45) is 0. The van der Waals surface area contributed by atoms with Crippen molar-refractivity contribution in [2.75, 3.05) is 4.90 Å². The van der Waals surface area contributed by atoms with Crippen molar-refractivity contribution in [1.82, 2.24) is 4.57 Å². The summed E-state index contributed by atoms with van der Waals surface area (Å²) in [7, 11) is 0. The molecular formula is C50H32N2S. The molecule has 53 heavy (non-hydrogen) atoms. The Balaban J connectivity index is 1.13. The lowest BCUT2D eigenvalue weighted by Crippen LogP contribution is -2.10. The highest BCUT2D eigenvalue weighted by Crippen LogP contribution is 2.45. The van der Waals surface area contributed by atoms with E-state index in [9.17, 15) is 0 Å². The molecule has 0 unspecified atom stereocenters.